The Labute approximate surface area is 173 Å². The van der Waals surface area contributed by atoms with Crippen LogP contribution in [0, 0.1) is 0 Å². The molecular formula is C21H12BrClN2O3. The minimum atomic E-state index is -0.388. The monoisotopic (exact) mass is 454 g/mol. The van der Waals surface area contributed by atoms with Gasteiger partial charge in [0.05, 0.1) is 11.3 Å². The van der Waals surface area contributed by atoms with Gasteiger partial charge in [0.1, 0.15) is 5.58 Å². The maximum Gasteiger partial charge on any atom is 0.257 e. The van der Waals surface area contributed by atoms with Crippen LogP contribution in [-0.2, 0) is 0 Å². The third-order valence-corrected chi connectivity index (χ3v) is 4.87. The minimum absolute atomic E-state index is 0.0488. The third kappa shape index (κ3) is 3.56. The number of rotatable bonds is 4. The van der Waals surface area contributed by atoms with Gasteiger partial charge in [-0.3, -0.25) is 14.6 Å². The topological polar surface area (TPSA) is 72.2 Å². The summed E-state index contributed by atoms with van der Waals surface area (Å²) < 4.78 is 6.60. The van der Waals surface area contributed by atoms with Crippen LogP contribution in [0.2, 0.25) is 5.02 Å². The van der Waals surface area contributed by atoms with Gasteiger partial charge in [-0.1, -0.05) is 27.5 Å². The summed E-state index contributed by atoms with van der Waals surface area (Å²) in [6.45, 7) is 0. The molecule has 0 unspecified atom stereocenters. The molecule has 4 aromatic rings. The van der Waals surface area contributed by atoms with E-state index in [1.165, 1.54) is 6.20 Å². The van der Waals surface area contributed by atoms with Crippen molar-refractivity contribution in [2.75, 3.05) is 5.32 Å². The predicted molar refractivity (Wildman–Crippen MR) is 111 cm³/mol. The number of amides is 1. The number of pyridine rings is 1. The van der Waals surface area contributed by atoms with Gasteiger partial charge < -0.3 is 9.73 Å². The van der Waals surface area contributed by atoms with Crippen molar-refractivity contribution in [3.8, 4) is 0 Å². The van der Waals surface area contributed by atoms with Crippen molar-refractivity contribution < 1.29 is 14.0 Å². The molecule has 0 spiro atoms. The number of benzene rings is 2. The van der Waals surface area contributed by atoms with Crippen LogP contribution in [0.25, 0.3) is 11.0 Å². The number of halogens is 2. The molecule has 0 aliphatic carbocycles. The average molecular weight is 456 g/mol. The molecular weight excluding hydrogens is 444 g/mol. The van der Waals surface area contributed by atoms with E-state index in [2.05, 4.69) is 26.2 Å². The average Bonchev–Trinajstić information content (AvgIpc) is 3.06. The van der Waals surface area contributed by atoms with Crippen molar-refractivity contribution in [3.63, 3.8) is 0 Å². The van der Waals surface area contributed by atoms with Gasteiger partial charge in [-0.25, -0.2) is 0 Å². The predicted octanol–water partition coefficient (Wildman–Crippen LogP) is 5.73. The second-order valence-electron chi connectivity index (χ2n) is 5.98. The van der Waals surface area contributed by atoms with E-state index in [9.17, 15) is 9.59 Å². The van der Waals surface area contributed by atoms with E-state index >= 15 is 0 Å². The largest absolute Gasteiger partial charge is 0.450 e. The first kappa shape index (κ1) is 18.4. The zero-order valence-electron chi connectivity index (χ0n) is 14.3. The molecule has 0 fully saturated rings. The van der Waals surface area contributed by atoms with Crippen LogP contribution in [0.1, 0.15) is 26.5 Å². The highest BCUT2D eigenvalue weighted by atomic mass is 79.9. The molecule has 5 nitrogen and oxygen atoms in total. The number of anilines is 1. The van der Waals surface area contributed by atoms with E-state index in [0.29, 0.717) is 32.8 Å². The zero-order valence-corrected chi connectivity index (χ0v) is 16.6. The molecule has 0 saturated carbocycles. The lowest BCUT2D eigenvalue weighted by Crippen LogP contribution is -2.14. The fourth-order valence-electron chi connectivity index (χ4n) is 2.77. The summed E-state index contributed by atoms with van der Waals surface area (Å²) in [5.74, 6) is -0.695. The smallest absolute Gasteiger partial charge is 0.257 e. The van der Waals surface area contributed by atoms with Crippen molar-refractivity contribution in [2.24, 2.45) is 0 Å². The number of aromatic nitrogens is 1. The Bertz CT molecular complexity index is 1190. The van der Waals surface area contributed by atoms with Gasteiger partial charge in [-0.2, -0.15) is 0 Å². The van der Waals surface area contributed by atoms with Crippen LogP contribution in [0.15, 0.2) is 75.9 Å². The van der Waals surface area contributed by atoms with Crippen LogP contribution in [0.4, 0.5) is 5.69 Å². The van der Waals surface area contributed by atoms with Gasteiger partial charge in [0.15, 0.2) is 5.76 Å². The van der Waals surface area contributed by atoms with E-state index in [1.54, 1.807) is 60.8 Å². The summed E-state index contributed by atoms with van der Waals surface area (Å²) in [5.41, 5.74) is 1.57. The van der Waals surface area contributed by atoms with Gasteiger partial charge >= 0.3 is 0 Å². The van der Waals surface area contributed by atoms with E-state index in [-0.39, 0.29) is 17.5 Å². The molecule has 1 amide bonds. The summed E-state index contributed by atoms with van der Waals surface area (Å²) in [6, 6.07) is 15.1. The highest BCUT2D eigenvalue weighted by Gasteiger charge is 2.24. The number of furan rings is 1. The lowest BCUT2D eigenvalue weighted by Gasteiger charge is -2.06. The van der Waals surface area contributed by atoms with E-state index < -0.39 is 0 Å². The number of ketones is 1. The molecule has 7 heteroatoms. The number of carbonyl (C=O) groups is 2. The van der Waals surface area contributed by atoms with Gasteiger partial charge in [-0.05, 0) is 54.6 Å². The number of nitrogens with one attached hydrogen (secondary N) is 1. The fourth-order valence-corrected chi connectivity index (χ4v) is 3.26. The maximum atomic E-state index is 13.0. The Morgan fingerprint density at radius 3 is 2.54 bits per heavy atom. The van der Waals surface area contributed by atoms with Crippen LogP contribution in [0.3, 0.4) is 0 Å². The van der Waals surface area contributed by atoms with Crippen LogP contribution in [0.5, 0.6) is 0 Å². The molecule has 1 N–H and O–H groups in total. The highest BCUT2D eigenvalue weighted by molar-refractivity contribution is 9.10. The second kappa shape index (κ2) is 7.58. The number of hydrogen-bond acceptors (Lipinski definition) is 4. The molecule has 0 saturated heterocycles. The molecule has 2 heterocycles. The lowest BCUT2D eigenvalue weighted by molar-refractivity contribution is 0.101. The summed E-state index contributed by atoms with van der Waals surface area (Å²) >= 11 is 9.32. The van der Waals surface area contributed by atoms with Crippen LogP contribution in [-0.4, -0.2) is 16.7 Å². The van der Waals surface area contributed by atoms with Crippen molar-refractivity contribution in [3.05, 3.63) is 93.4 Å². The molecule has 138 valence electrons. The number of nitrogens with zero attached hydrogens (tertiary/aromatic N) is 1. The quantitative estimate of drug-likeness (QED) is 0.399. The Balaban J connectivity index is 1.82. The van der Waals surface area contributed by atoms with Crippen molar-refractivity contribution in [2.45, 2.75) is 0 Å². The van der Waals surface area contributed by atoms with E-state index in [4.69, 9.17) is 16.0 Å². The first-order chi connectivity index (χ1) is 13.5. The molecule has 0 aliphatic heterocycles. The Morgan fingerprint density at radius 1 is 1.04 bits per heavy atom. The standard InChI is InChI=1S/C21H12BrClN2O3/c22-14-5-8-17-16(10-14)18(25-21(27)13-2-1-9-24-11-13)20(28-17)19(26)12-3-6-15(23)7-4-12/h1-11H,(H,25,27). The number of fused-ring (bicyclic) bond motifs is 1. The van der Waals surface area contributed by atoms with Gasteiger partial charge in [0.25, 0.3) is 5.91 Å². The Morgan fingerprint density at radius 2 is 1.82 bits per heavy atom. The van der Waals surface area contributed by atoms with Gasteiger partial charge in [-0.15, -0.1) is 0 Å². The van der Waals surface area contributed by atoms with Crippen LogP contribution >= 0.6 is 27.5 Å². The summed E-state index contributed by atoms with van der Waals surface area (Å²) in [4.78, 5) is 29.7. The molecule has 0 aliphatic rings. The maximum absolute atomic E-state index is 13.0. The number of hydrogen-bond donors (Lipinski definition) is 1. The van der Waals surface area contributed by atoms with Gasteiger partial charge in [0.2, 0.25) is 5.78 Å². The third-order valence-electron chi connectivity index (χ3n) is 4.12. The Hall–Kier alpha value is -2.96. The summed E-state index contributed by atoms with van der Waals surface area (Å²) in [5, 5.41) is 3.94. The van der Waals surface area contributed by atoms with Crippen LogP contribution < -0.4 is 5.32 Å². The molecule has 0 atom stereocenters. The van der Waals surface area contributed by atoms with Crippen molar-refractivity contribution in [1.29, 1.82) is 0 Å². The highest BCUT2D eigenvalue weighted by Crippen LogP contribution is 2.34. The number of carbonyl (C=O) groups excluding carboxylic acids is 2. The van der Waals surface area contributed by atoms with E-state index in [1.807, 2.05) is 0 Å². The second-order valence-corrected chi connectivity index (χ2v) is 7.33. The zero-order chi connectivity index (χ0) is 19.7. The normalized spacial score (nSPS) is 10.8. The molecule has 2 aromatic heterocycles. The van der Waals surface area contributed by atoms with Crippen molar-refractivity contribution >= 4 is 55.9 Å². The van der Waals surface area contributed by atoms with Gasteiger partial charge in [0, 0.05) is 32.8 Å². The minimum Gasteiger partial charge on any atom is -0.450 e. The first-order valence-electron chi connectivity index (χ1n) is 8.26. The lowest BCUT2D eigenvalue weighted by atomic mass is 10.1. The SMILES string of the molecule is O=C(Nc1c(C(=O)c2ccc(Cl)cc2)oc2ccc(Br)cc12)c1cccnc1. The fraction of sp³-hybridized carbons (Fsp3) is 0. The molecule has 0 radical (unpaired) electrons. The molecule has 0 bridgehead atoms. The molecule has 2 aromatic carbocycles. The Kier molecular flexibility index (Phi) is 4.98. The molecule has 28 heavy (non-hydrogen) atoms. The molecule has 4 rings (SSSR count). The summed E-state index contributed by atoms with van der Waals surface area (Å²) in [7, 11) is 0. The van der Waals surface area contributed by atoms with E-state index in [0.717, 1.165) is 4.47 Å². The first-order valence-corrected chi connectivity index (χ1v) is 9.44. The van der Waals surface area contributed by atoms with Crippen molar-refractivity contribution in [1.82, 2.24) is 4.98 Å². The summed E-state index contributed by atoms with van der Waals surface area (Å²) in [6.07, 6.45) is 3.03.